The normalized spacial score (nSPS) is 17.3. The van der Waals surface area contributed by atoms with Crippen molar-refractivity contribution >= 4 is 11.6 Å². The Hall–Kier alpha value is -3.62. The number of nitrogens with zero attached hydrogens (tertiary/aromatic N) is 1. The summed E-state index contributed by atoms with van der Waals surface area (Å²) in [6, 6.07) is 17.8. The molecule has 0 aromatic heterocycles. The van der Waals surface area contributed by atoms with E-state index < -0.39 is 0 Å². The van der Waals surface area contributed by atoms with Crippen LogP contribution in [0.1, 0.15) is 36.0 Å². The zero-order valence-corrected chi connectivity index (χ0v) is 19.3. The van der Waals surface area contributed by atoms with Crippen LogP contribution in [-0.4, -0.2) is 32.9 Å². The fourth-order valence-corrected chi connectivity index (χ4v) is 3.59. The van der Waals surface area contributed by atoms with Crippen LogP contribution in [0.25, 0.3) is 0 Å². The minimum atomic E-state index is -0.343. The number of carbonyl (C=O) groups is 1. The van der Waals surface area contributed by atoms with Gasteiger partial charge in [0.1, 0.15) is 13.7 Å². The monoisotopic (exact) mass is 450 g/mol. The molecule has 0 heterocycles. The molecule has 1 aliphatic carbocycles. The van der Waals surface area contributed by atoms with E-state index in [4.69, 9.17) is 14.5 Å². The number of hydrogen-bond acceptors (Lipinski definition) is 7. The summed E-state index contributed by atoms with van der Waals surface area (Å²) in [4.78, 5) is 28.2. The maximum Gasteiger partial charge on any atom is 0.273 e. The van der Waals surface area contributed by atoms with Crippen molar-refractivity contribution in [3.8, 4) is 0 Å². The molecule has 0 unspecified atom stereocenters. The lowest BCUT2D eigenvalue weighted by molar-refractivity contribution is -0.114. The number of nitrogens with one attached hydrogen (secondary N) is 3. The number of carbonyl (C=O) groups excluding carboxylic acids is 1. The van der Waals surface area contributed by atoms with Gasteiger partial charge in [-0.2, -0.15) is 0 Å². The van der Waals surface area contributed by atoms with Gasteiger partial charge in [-0.15, -0.1) is 0 Å². The van der Waals surface area contributed by atoms with Gasteiger partial charge in [0.25, 0.3) is 5.91 Å². The van der Waals surface area contributed by atoms with Crippen LogP contribution in [-0.2, 0) is 25.9 Å². The van der Waals surface area contributed by atoms with Gasteiger partial charge >= 0.3 is 0 Å². The number of oxime groups is 1. The van der Waals surface area contributed by atoms with Crippen LogP contribution in [0.2, 0.25) is 0 Å². The molecule has 33 heavy (non-hydrogen) atoms. The fourth-order valence-electron chi connectivity index (χ4n) is 3.59. The van der Waals surface area contributed by atoms with Gasteiger partial charge in [-0.1, -0.05) is 65.8 Å². The third-order valence-corrected chi connectivity index (χ3v) is 5.28. The van der Waals surface area contributed by atoms with E-state index in [0.717, 1.165) is 23.4 Å². The maximum absolute atomic E-state index is 12.3. The summed E-state index contributed by atoms with van der Waals surface area (Å²) < 4.78 is 0. The number of hydrogen-bond donors (Lipinski definition) is 3. The number of benzene rings is 2. The Bertz CT molecular complexity index is 1050. The molecular formula is C25H30N4O4. The van der Waals surface area contributed by atoms with E-state index in [9.17, 15) is 4.79 Å². The molecule has 1 fully saturated rings. The average Bonchev–Trinajstić information content (AvgIpc) is 3.65. The van der Waals surface area contributed by atoms with Gasteiger partial charge in [-0.25, -0.2) is 0 Å². The van der Waals surface area contributed by atoms with Crippen molar-refractivity contribution in [2.24, 2.45) is 5.16 Å². The summed E-state index contributed by atoms with van der Waals surface area (Å²) in [6.45, 7) is 2.13. The Morgan fingerprint density at radius 2 is 1.82 bits per heavy atom. The van der Waals surface area contributed by atoms with Gasteiger partial charge in [-0.05, 0) is 30.0 Å². The van der Waals surface area contributed by atoms with E-state index in [0.29, 0.717) is 11.5 Å². The molecule has 0 saturated heterocycles. The third-order valence-electron chi connectivity index (χ3n) is 5.28. The Morgan fingerprint density at radius 3 is 2.48 bits per heavy atom. The third kappa shape index (κ3) is 6.00. The smallest absolute Gasteiger partial charge is 0.273 e. The highest BCUT2D eigenvalue weighted by molar-refractivity contribution is 6.45. The van der Waals surface area contributed by atoms with Crippen molar-refractivity contribution in [1.82, 2.24) is 16.3 Å². The highest BCUT2D eigenvalue weighted by Crippen LogP contribution is 2.49. The molecule has 2 aromatic carbocycles. The van der Waals surface area contributed by atoms with Gasteiger partial charge < -0.3 is 10.2 Å². The van der Waals surface area contributed by atoms with Crippen molar-refractivity contribution in [1.29, 1.82) is 0 Å². The SMILES string of the molecule is CC=C(NOC)C(NOCc1ccccc1C(=NOC)C(=O)NC)=C1C[C@H]1c1ccccc1. The first-order valence-electron chi connectivity index (χ1n) is 10.7. The number of likely N-dealkylation sites (N-methyl/N-ethyl adjacent to an activating group) is 1. The second-order valence-electron chi connectivity index (χ2n) is 7.33. The quantitative estimate of drug-likeness (QED) is 0.359. The molecule has 0 aliphatic heterocycles. The van der Waals surface area contributed by atoms with Crippen molar-refractivity contribution in [3.63, 3.8) is 0 Å². The first kappa shape index (κ1) is 24.0. The predicted molar refractivity (Wildman–Crippen MR) is 127 cm³/mol. The van der Waals surface area contributed by atoms with E-state index in [1.165, 1.54) is 18.2 Å². The van der Waals surface area contributed by atoms with Crippen LogP contribution in [0, 0.1) is 0 Å². The summed E-state index contributed by atoms with van der Waals surface area (Å²) in [5.41, 5.74) is 11.7. The van der Waals surface area contributed by atoms with Crippen LogP contribution in [0.5, 0.6) is 0 Å². The Morgan fingerprint density at radius 1 is 1.09 bits per heavy atom. The number of amides is 1. The molecule has 3 rings (SSSR count). The second-order valence-corrected chi connectivity index (χ2v) is 7.33. The Labute approximate surface area is 194 Å². The van der Waals surface area contributed by atoms with Gasteiger partial charge in [0.05, 0.1) is 18.5 Å². The minimum Gasteiger partial charge on any atom is -0.398 e. The van der Waals surface area contributed by atoms with Crippen LogP contribution in [0.3, 0.4) is 0 Å². The van der Waals surface area contributed by atoms with E-state index in [2.05, 4.69) is 33.6 Å². The summed E-state index contributed by atoms with van der Waals surface area (Å²) in [7, 11) is 4.52. The number of allylic oxidation sites excluding steroid dienone is 2. The lowest BCUT2D eigenvalue weighted by Crippen LogP contribution is -2.29. The topological polar surface area (TPSA) is 93.2 Å². The van der Waals surface area contributed by atoms with Crippen molar-refractivity contribution in [3.05, 3.63) is 94.3 Å². The highest BCUT2D eigenvalue weighted by atomic mass is 16.7. The summed E-state index contributed by atoms with van der Waals surface area (Å²) >= 11 is 0. The lowest BCUT2D eigenvalue weighted by atomic mass is 10.0. The molecule has 2 aromatic rings. The van der Waals surface area contributed by atoms with Crippen LogP contribution in [0.15, 0.2) is 82.8 Å². The fraction of sp³-hybridized carbons (Fsp3) is 0.280. The lowest BCUT2D eigenvalue weighted by Gasteiger charge is -2.16. The molecule has 8 nitrogen and oxygen atoms in total. The highest BCUT2D eigenvalue weighted by Gasteiger charge is 2.35. The van der Waals surface area contributed by atoms with Crippen LogP contribution in [0.4, 0.5) is 0 Å². The summed E-state index contributed by atoms with van der Waals surface area (Å²) in [5, 5.41) is 6.49. The minimum absolute atomic E-state index is 0.180. The van der Waals surface area contributed by atoms with Gasteiger partial charge in [-0.3, -0.25) is 25.4 Å². The van der Waals surface area contributed by atoms with Gasteiger partial charge in [0, 0.05) is 18.5 Å². The summed E-state index contributed by atoms with van der Waals surface area (Å²) in [6.07, 6.45) is 2.85. The second kappa shape index (κ2) is 11.8. The summed E-state index contributed by atoms with van der Waals surface area (Å²) in [5.74, 6) is -0.0175. The first-order chi connectivity index (χ1) is 16.1. The Balaban J connectivity index is 1.80. The zero-order valence-electron chi connectivity index (χ0n) is 19.3. The van der Waals surface area contributed by atoms with Crippen molar-refractivity contribution in [2.45, 2.75) is 25.9 Å². The zero-order chi connectivity index (χ0) is 23.6. The maximum atomic E-state index is 12.3. The molecule has 174 valence electrons. The molecule has 0 spiro atoms. The standard InChI is InChI=1S/C25H30N4O4/c1-5-22(27-31-3)23(21-15-20(21)17-11-7-6-8-12-17)29-33-16-18-13-9-10-14-19(18)24(28-32-4)25(30)26-2/h5-14,20,27,29H,15-16H2,1-4H3,(H,26,30)/t20-/m0/s1. The van der Waals surface area contributed by atoms with E-state index in [1.54, 1.807) is 20.2 Å². The molecule has 8 heteroatoms. The molecule has 1 amide bonds. The predicted octanol–water partition coefficient (Wildman–Crippen LogP) is 3.30. The average molecular weight is 451 g/mol. The molecular weight excluding hydrogens is 420 g/mol. The Kier molecular flexibility index (Phi) is 8.63. The van der Waals surface area contributed by atoms with Crippen LogP contribution < -0.4 is 16.3 Å². The molecule has 0 radical (unpaired) electrons. The van der Waals surface area contributed by atoms with Crippen molar-refractivity contribution in [2.75, 3.05) is 21.3 Å². The van der Waals surface area contributed by atoms with Crippen LogP contribution >= 0.6 is 0 Å². The van der Waals surface area contributed by atoms with E-state index in [1.807, 2.05) is 49.4 Å². The number of hydroxylamine groups is 2. The van der Waals surface area contributed by atoms with Gasteiger partial charge in [0.15, 0.2) is 5.71 Å². The first-order valence-corrected chi connectivity index (χ1v) is 10.7. The molecule has 1 aliphatic rings. The molecule has 1 saturated carbocycles. The van der Waals surface area contributed by atoms with E-state index >= 15 is 0 Å². The largest absolute Gasteiger partial charge is 0.398 e. The van der Waals surface area contributed by atoms with Gasteiger partial charge in [0.2, 0.25) is 0 Å². The van der Waals surface area contributed by atoms with E-state index in [-0.39, 0.29) is 18.2 Å². The molecule has 0 bridgehead atoms. The molecule has 1 atom stereocenters. The van der Waals surface area contributed by atoms with Crippen molar-refractivity contribution < 1.29 is 19.3 Å². The number of rotatable bonds is 11. The molecule has 3 N–H and O–H groups in total.